The van der Waals surface area contributed by atoms with E-state index in [0.717, 1.165) is 19.3 Å². The molecule has 0 spiro atoms. The number of carboxylic acid groups (broad SMARTS) is 1. The molecule has 0 aromatic carbocycles. The lowest BCUT2D eigenvalue weighted by Crippen LogP contribution is -2.41. The average molecular weight is 276 g/mol. The maximum absolute atomic E-state index is 12.2. The van der Waals surface area contributed by atoms with Crippen molar-refractivity contribution < 1.29 is 14.7 Å². The molecule has 0 bridgehead atoms. The molecule has 5 heteroatoms. The van der Waals surface area contributed by atoms with E-state index in [2.05, 4.69) is 17.2 Å². The first-order chi connectivity index (χ1) is 9.49. The van der Waals surface area contributed by atoms with E-state index in [-0.39, 0.29) is 23.2 Å². The van der Waals surface area contributed by atoms with Crippen molar-refractivity contribution in [2.75, 3.05) is 0 Å². The van der Waals surface area contributed by atoms with Crippen molar-refractivity contribution in [2.45, 2.75) is 45.6 Å². The summed E-state index contributed by atoms with van der Waals surface area (Å²) in [7, 11) is 0. The molecule has 2 rings (SSSR count). The van der Waals surface area contributed by atoms with E-state index in [0.29, 0.717) is 11.6 Å². The molecule has 0 saturated heterocycles. The molecule has 2 N–H and O–H groups in total. The number of amides is 1. The molecule has 5 nitrogen and oxygen atoms in total. The first-order valence-corrected chi connectivity index (χ1v) is 7.01. The van der Waals surface area contributed by atoms with E-state index in [1.807, 2.05) is 0 Å². The molecule has 0 radical (unpaired) electrons. The number of aromatic carboxylic acids is 1. The second-order valence-corrected chi connectivity index (χ2v) is 5.48. The van der Waals surface area contributed by atoms with Gasteiger partial charge < -0.3 is 10.4 Å². The third-order valence-electron chi connectivity index (χ3n) is 3.98. The van der Waals surface area contributed by atoms with Crippen LogP contribution in [0, 0.1) is 12.8 Å². The molecule has 2 unspecified atom stereocenters. The molecule has 1 fully saturated rings. The van der Waals surface area contributed by atoms with Crippen LogP contribution in [0.2, 0.25) is 0 Å². The maximum atomic E-state index is 12.2. The molecule has 1 aromatic rings. The largest absolute Gasteiger partial charge is 0.478 e. The van der Waals surface area contributed by atoms with Gasteiger partial charge in [0, 0.05) is 6.04 Å². The number of nitrogens with one attached hydrogen (secondary N) is 1. The smallest absolute Gasteiger partial charge is 0.337 e. The Morgan fingerprint density at radius 3 is 2.60 bits per heavy atom. The zero-order chi connectivity index (χ0) is 14.7. The van der Waals surface area contributed by atoms with Gasteiger partial charge in [-0.1, -0.05) is 19.8 Å². The molecule has 1 saturated carbocycles. The van der Waals surface area contributed by atoms with E-state index < -0.39 is 5.97 Å². The monoisotopic (exact) mass is 276 g/mol. The van der Waals surface area contributed by atoms with Crippen molar-refractivity contribution in [1.82, 2.24) is 10.3 Å². The van der Waals surface area contributed by atoms with Crippen molar-refractivity contribution in [1.29, 1.82) is 0 Å². The van der Waals surface area contributed by atoms with Crippen LogP contribution in [0.4, 0.5) is 0 Å². The van der Waals surface area contributed by atoms with Crippen LogP contribution in [0.3, 0.4) is 0 Å². The van der Waals surface area contributed by atoms with Crippen LogP contribution in [0.15, 0.2) is 12.1 Å². The van der Waals surface area contributed by atoms with Crippen molar-refractivity contribution in [3.05, 3.63) is 29.1 Å². The summed E-state index contributed by atoms with van der Waals surface area (Å²) in [6.45, 7) is 3.75. The highest BCUT2D eigenvalue weighted by molar-refractivity contribution is 5.94. The molecule has 108 valence electrons. The van der Waals surface area contributed by atoms with Crippen LogP contribution in [0.25, 0.3) is 0 Å². The number of carbonyl (C=O) groups is 2. The van der Waals surface area contributed by atoms with Gasteiger partial charge in [-0.3, -0.25) is 4.79 Å². The van der Waals surface area contributed by atoms with Crippen molar-refractivity contribution in [3.63, 3.8) is 0 Å². The normalized spacial score (nSPS) is 22.3. The zero-order valence-electron chi connectivity index (χ0n) is 11.8. The topological polar surface area (TPSA) is 79.3 Å². The Morgan fingerprint density at radius 2 is 2.00 bits per heavy atom. The van der Waals surface area contributed by atoms with Crippen molar-refractivity contribution in [3.8, 4) is 0 Å². The van der Waals surface area contributed by atoms with Crippen LogP contribution >= 0.6 is 0 Å². The average Bonchev–Trinajstić information content (AvgIpc) is 2.40. The summed E-state index contributed by atoms with van der Waals surface area (Å²) in [4.78, 5) is 27.2. The Balaban J connectivity index is 2.09. The molecule has 2 atom stereocenters. The lowest BCUT2D eigenvalue weighted by molar-refractivity contribution is 0.0694. The Morgan fingerprint density at radius 1 is 1.30 bits per heavy atom. The number of carboxylic acids is 1. The van der Waals surface area contributed by atoms with E-state index in [1.54, 1.807) is 6.92 Å². The number of pyridine rings is 1. The van der Waals surface area contributed by atoms with Crippen LogP contribution in [0.5, 0.6) is 0 Å². The number of hydrogen-bond acceptors (Lipinski definition) is 3. The Kier molecular flexibility index (Phi) is 4.37. The Bertz CT molecular complexity index is 528. The van der Waals surface area contributed by atoms with E-state index >= 15 is 0 Å². The highest BCUT2D eigenvalue weighted by Gasteiger charge is 2.24. The predicted molar refractivity (Wildman–Crippen MR) is 74.8 cm³/mol. The van der Waals surface area contributed by atoms with Gasteiger partial charge in [-0.05, 0) is 37.8 Å². The maximum Gasteiger partial charge on any atom is 0.337 e. The van der Waals surface area contributed by atoms with Gasteiger partial charge in [0.25, 0.3) is 5.91 Å². The summed E-state index contributed by atoms with van der Waals surface area (Å²) in [6, 6.07) is 3.10. The highest BCUT2D eigenvalue weighted by Crippen LogP contribution is 2.23. The van der Waals surface area contributed by atoms with Gasteiger partial charge in [0.05, 0.1) is 11.3 Å². The van der Waals surface area contributed by atoms with E-state index in [9.17, 15) is 9.59 Å². The molecule has 20 heavy (non-hydrogen) atoms. The fourth-order valence-corrected chi connectivity index (χ4v) is 2.69. The standard InChI is InChI=1S/C15H20N2O3/c1-9-5-3-4-6-12(9)17-14(18)13-8-7-11(15(19)20)10(2)16-13/h7-9,12H,3-6H2,1-2H3,(H,17,18)(H,19,20). The van der Waals surface area contributed by atoms with Gasteiger partial charge in [-0.25, -0.2) is 9.78 Å². The summed E-state index contributed by atoms with van der Waals surface area (Å²) in [5.41, 5.74) is 0.778. The quantitative estimate of drug-likeness (QED) is 0.888. The van der Waals surface area contributed by atoms with E-state index in [4.69, 9.17) is 5.11 Å². The predicted octanol–water partition coefficient (Wildman–Crippen LogP) is 2.40. The lowest BCUT2D eigenvalue weighted by Gasteiger charge is -2.29. The third-order valence-corrected chi connectivity index (χ3v) is 3.98. The van der Waals surface area contributed by atoms with Crippen molar-refractivity contribution >= 4 is 11.9 Å². The summed E-state index contributed by atoms with van der Waals surface area (Å²) >= 11 is 0. The number of aryl methyl sites for hydroxylation is 1. The number of nitrogens with zero attached hydrogens (tertiary/aromatic N) is 1. The van der Waals surface area contributed by atoms with Crippen molar-refractivity contribution in [2.24, 2.45) is 5.92 Å². The van der Waals surface area contributed by atoms with Gasteiger partial charge in [-0.2, -0.15) is 0 Å². The van der Waals surface area contributed by atoms with Crippen LogP contribution in [0.1, 0.15) is 59.1 Å². The molecule has 0 aliphatic heterocycles. The van der Waals surface area contributed by atoms with E-state index in [1.165, 1.54) is 18.6 Å². The summed E-state index contributed by atoms with van der Waals surface area (Å²) in [5.74, 6) is -0.765. The highest BCUT2D eigenvalue weighted by atomic mass is 16.4. The summed E-state index contributed by atoms with van der Waals surface area (Å²) in [6.07, 6.45) is 4.49. The third kappa shape index (κ3) is 3.15. The Labute approximate surface area is 118 Å². The molecule has 1 aromatic heterocycles. The molecular weight excluding hydrogens is 256 g/mol. The first-order valence-electron chi connectivity index (χ1n) is 7.01. The molecular formula is C15H20N2O3. The molecule has 1 heterocycles. The number of aromatic nitrogens is 1. The Hall–Kier alpha value is -1.91. The minimum absolute atomic E-state index is 0.132. The van der Waals surface area contributed by atoms with Gasteiger partial charge in [0.2, 0.25) is 0 Å². The van der Waals surface area contributed by atoms with Gasteiger partial charge in [-0.15, -0.1) is 0 Å². The summed E-state index contributed by atoms with van der Waals surface area (Å²) in [5, 5.41) is 12.0. The van der Waals surface area contributed by atoms with Gasteiger partial charge in [0.1, 0.15) is 5.69 Å². The second-order valence-electron chi connectivity index (χ2n) is 5.48. The molecule has 1 amide bonds. The minimum atomic E-state index is -1.03. The second kappa shape index (κ2) is 6.03. The molecule has 1 aliphatic rings. The van der Waals surface area contributed by atoms with Crippen LogP contribution in [-0.2, 0) is 0 Å². The van der Waals surface area contributed by atoms with Gasteiger partial charge >= 0.3 is 5.97 Å². The number of rotatable bonds is 3. The number of hydrogen-bond donors (Lipinski definition) is 2. The van der Waals surface area contributed by atoms with Crippen LogP contribution in [-0.4, -0.2) is 28.0 Å². The zero-order valence-corrected chi connectivity index (χ0v) is 11.8. The SMILES string of the molecule is Cc1nc(C(=O)NC2CCCCC2C)ccc1C(=O)O. The van der Waals surface area contributed by atoms with Crippen LogP contribution < -0.4 is 5.32 Å². The molecule has 1 aliphatic carbocycles. The fourth-order valence-electron chi connectivity index (χ4n) is 2.69. The fraction of sp³-hybridized carbons (Fsp3) is 0.533. The minimum Gasteiger partial charge on any atom is -0.478 e. The van der Waals surface area contributed by atoms with Gasteiger partial charge in [0.15, 0.2) is 0 Å². The lowest BCUT2D eigenvalue weighted by atomic mass is 9.86. The number of carbonyl (C=O) groups excluding carboxylic acids is 1. The summed E-state index contributed by atoms with van der Waals surface area (Å²) < 4.78 is 0. The first kappa shape index (κ1) is 14.5.